The molecule has 0 bridgehead atoms. The van der Waals surface area contributed by atoms with Crippen molar-refractivity contribution >= 4 is 11.6 Å². The molecule has 0 saturated carbocycles. The maximum atomic E-state index is 6.27. The highest BCUT2D eigenvalue weighted by Gasteiger charge is 2.11. The molecule has 0 radical (unpaired) electrons. The molecule has 1 heterocycles. The second-order valence-corrected chi connectivity index (χ2v) is 6.60. The van der Waals surface area contributed by atoms with Crippen LogP contribution in [0.5, 0.6) is 0 Å². The Morgan fingerprint density at radius 2 is 1.86 bits per heavy atom. The summed E-state index contributed by atoms with van der Waals surface area (Å²) < 4.78 is 2.28. The molecular formula is C18H25ClN2. The zero-order valence-electron chi connectivity index (χ0n) is 13.6. The number of rotatable bonds is 5. The van der Waals surface area contributed by atoms with Gasteiger partial charge in [-0.1, -0.05) is 31.5 Å². The molecule has 0 fully saturated rings. The lowest BCUT2D eigenvalue weighted by Crippen LogP contribution is -2.19. The second kappa shape index (κ2) is 6.67. The van der Waals surface area contributed by atoms with Crippen molar-refractivity contribution in [2.45, 2.75) is 41.2 Å². The number of nitrogens with one attached hydrogen (secondary N) is 1. The smallest absolute Gasteiger partial charge is 0.0470 e. The largest absolute Gasteiger partial charge is 0.318 e. The lowest BCUT2D eigenvalue weighted by atomic mass is 10.2. The van der Waals surface area contributed by atoms with Crippen molar-refractivity contribution in [3.05, 3.63) is 51.8 Å². The van der Waals surface area contributed by atoms with Crippen molar-refractivity contribution in [3.63, 3.8) is 0 Å². The highest BCUT2D eigenvalue weighted by molar-refractivity contribution is 6.31. The SMILES string of the molecule is Cc1ccc(-n2c(C)cc(CNCC(C)C)c2C)cc1Cl. The highest BCUT2D eigenvalue weighted by atomic mass is 35.5. The Labute approximate surface area is 133 Å². The van der Waals surface area contributed by atoms with E-state index in [9.17, 15) is 0 Å². The first-order valence-corrected chi connectivity index (χ1v) is 7.93. The Hall–Kier alpha value is -1.25. The predicted molar refractivity (Wildman–Crippen MR) is 91.5 cm³/mol. The Balaban J connectivity index is 2.28. The maximum absolute atomic E-state index is 6.27. The van der Waals surface area contributed by atoms with Gasteiger partial charge < -0.3 is 9.88 Å². The zero-order valence-corrected chi connectivity index (χ0v) is 14.4. The first-order valence-electron chi connectivity index (χ1n) is 7.55. The predicted octanol–water partition coefficient (Wildman–Crippen LogP) is 4.80. The van der Waals surface area contributed by atoms with Gasteiger partial charge >= 0.3 is 0 Å². The molecule has 1 N–H and O–H groups in total. The van der Waals surface area contributed by atoms with Gasteiger partial charge in [0.25, 0.3) is 0 Å². The topological polar surface area (TPSA) is 17.0 Å². The molecule has 1 aromatic carbocycles. The summed E-state index contributed by atoms with van der Waals surface area (Å²) in [6.45, 7) is 12.8. The van der Waals surface area contributed by atoms with E-state index in [4.69, 9.17) is 11.6 Å². The first-order chi connectivity index (χ1) is 9.90. The van der Waals surface area contributed by atoms with Crippen LogP contribution in [0.25, 0.3) is 5.69 Å². The summed E-state index contributed by atoms with van der Waals surface area (Å²) in [5, 5.41) is 4.33. The highest BCUT2D eigenvalue weighted by Crippen LogP contribution is 2.24. The van der Waals surface area contributed by atoms with Crippen molar-refractivity contribution in [1.82, 2.24) is 9.88 Å². The van der Waals surface area contributed by atoms with E-state index < -0.39 is 0 Å². The summed E-state index contributed by atoms with van der Waals surface area (Å²) >= 11 is 6.27. The van der Waals surface area contributed by atoms with Gasteiger partial charge in [0, 0.05) is 28.6 Å². The third kappa shape index (κ3) is 3.69. The minimum atomic E-state index is 0.671. The molecule has 2 rings (SSSR count). The van der Waals surface area contributed by atoms with Gasteiger partial charge in [0.2, 0.25) is 0 Å². The molecule has 0 spiro atoms. The quantitative estimate of drug-likeness (QED) is 0.839. The summed E-state index contributed by atoms with van der Waals surface area (Å²) in [5.41, 5.74) is 6.12. The van der Waals surface area contributed by atoms with Crippen LogP contribution >= 0.6 is 11.6 Å². The Bertz CT molecular complexity index is 626. The van der Waals surface area contributed by atoms with E-state index in [1.807, 2.05) is 13.0 Å². The molecule has 0 aliphatic carbocycles. The fourth-order valence-corrected chi connectivity index (χ4v) is 2.80. The Morgan fingerprint density at radius 3 is 2.48 bits per heavy atom. The van der Waals surface area contributed by atoms with Crippen LogP contribution in [0.4, 0.5) is 0 Å². The lowest BCUT2D eigenvalue weighted by molar-refractivity contribution is 0.551. The third-order valence-electron chi connectivity index (χ3n) is 3.82. The van der Waals surface area contributed by atoms with E-state index in [0.717, 1.165) is 29.4 Å². The van der Waals surface area contributed by atoms with Gasteiger partial charge in [-0.05, 0) is 62.6 Å². The summed E-state index contributed by atoms with van der Waals surface area (Å²) in [7, 11) is 0. The number of hydrogen-bond acceptors (Lipinski definition) is 1. The lowest BCUT2D eigenvalue weighted by Gasteiger charge is -2.12. The monoisotopic (exact) mass is 304 g/mol. The molecule has 0 atom stereocenters. The average Bonchev–Trinajstić information content (AvgIpc) is 2.68. The van der Waals surface area contributed by atoms with Crippen LogP contribution in [0.1, 0.15) is 36.4 Å². The summed E-state index contributed by atoms with van der Waals surface area (Å²) in [5.74, 6) is 0.671. The molecule has 0 aliphatic rings. The van der Waals surface area contributed by atoms with E-state index in [0.29, 0.717) is 5.92 Å². The van der Waals surface area contributed by atoms with Crippen LogP contribution in [0.3, 0.4) is 0 Å². The molecule has 1 aromatic heterocycles. The zero-order chi connectivity index (χ0) is 15.6. The fourth-order valence-electron chi connectivity index (χ4n) is 2.62. The maximum Gasteiger partial charge on any atom is 0.0470 e. The number of nitrogens with zero attached hydrogens (tertiary/aromatic N) is 1. The molecule has 0 amide bonds. The molecule has 3 heteroatoms. The van der Waals surface area contributed by atoms with Crippen molar-refractivity contribution < 1.29 is 0 Å². The fraction of sp³-hybridized carbons (Fsp3) is 0.444. The van der Waals surface area contributed by atoms with Crippen LogP contribution in [-0.2, 0) is 6.54 Å². The van der Waals surface area contributed by atoms with E-state index in [1.54, 1.807) is 0 Å². The molecule has 21 heavy (non-hydrogen) atoms. The summed E-state index contributed by atoms with van der Waals surface area (Å²) in [6.07, 6.45) is 0. The van der Waals surface area contributed by atoms with Crippen molar-refractivity contribution in [2.75, 3.05) is 6.54 Å². The molecular weight excluding hydrogens is 280 g/mol. The third-order valence-corrected chi connectivity index (χ3v) is 4.22. The van der Waals surface area contributed by atoms with E-state index in [-0.39, 0.29) is 0 Å². The van der Waals surface area contributed by atoms with Crippen LogP contribution in [-0.4, -0.2) is 11.1 Å². The van der Waals surface area contributed by atoms with Crippen LogP contribution < -0.4 is 5.32 Å². The number of hydrogen-bond donors (Lipinski definition) is 1. The van der Waals surface area contributed by atoms with Crippen LogP contribution in [0, 0.1) is 26.7 Å². The number of halogens is 1. The normalized spacial score (nSPS) is 11.4. The van der Waals surface area contributed by atoms with Gasteiger partial charge in [0.15, 0.2) is 0 Å². The number of aryl methyl sites for hydroxylation is 2. The van der Waals surface area contributed by atoms with E-state index in [1.165, 1.54) is 17.0 Å². The molecule has 114 valence electrons. The van der Waals surface area contributed by atoms with Gasteiger partial charge in [-0.2, -0.15) is 0 Å². The van der Waals surface area contributed by atoms with Gasteiger partial charge in [0.05, 0.1) is 0 Å². The standard InChI is InChI=1S/C18H25ClN2/c1-12(2)10-20-11-16-8-14(4)21(15(16)5)17-7-6-13(3)18(19)9-17/h6-9,12,20H,10-11H2,1-5H3. The minimum absolute atomic E-state index is 0.671. The molecule has 0 aliphatic heterocycles. The van der Waals surface area contributed by atoms with Gasteiger partial charge in [0.1, 0.15) is 0 Å². The summed E-state index contributed by atoms with van der Waals surface area (Å²) in [6, 6.07) is 8.51. The number of aromatic nitrogens is 1. The Morgan fingerprint density at radius 1 is 1.14 bits per heavy atom. The average molecular weight is 305 g/mol. The van der Waals surface area contributed by atoms with Crippen molar-refractivity contribution in [2.24, 2.45) is 5.92 Å². The van der Waals surface area contributed by atoms with Gasteiger partial charge in [-0.3, -0.25) is 0 Å². The molecule has 0 saturated heterocycles. The number of benzene rings is 1. The van der Waals surface area contributed by atoms with Crippen molar-refractivity contribution in [3.8, 4) is 5.69 Å². The van der Waals surface area contributed by atoms with E-state index in [2.05, 4.69) is 55.8 Å². The summed E-state index contributed by atoms with van der Waals surface area (Å²) in [4.78, 5) is 0. The molecule has 2 nitrogen and oxygen atoms in total. The Kier molecular flexibility index (Phi) is 5.13. The molecule has 2 aromatic rings. The van der Waals surface area contributed by atoms with Crippen LogP contribution in [0.15, 0.2) is 24.3 Å². The minimum Gasteiger partial charge on any atom is -0.318 e. The first kappa shape index (κ1) is 16.1. The van der Waals surface area contributed by atoms with Crippen LogP contribution in [0.2, 0.25) is 5.02 Å². The second-order valence-electron chi connectivity index (χ2n) is 6.19. The van der Waals surface area contributed by atoms with Gasteiger partial charge in [-0.15, -0.1) is 0 Å². The van der Waals surface area contributed by atoms with Crippen molar-refractivity contribution in [1.29, 1.82) is 0 Å². The van der Waals surface area contributed by atoms with E-state index >= 15 is 0 Å². The molecule has 0 unspecified atom stereocenters. The van der Waals surface area contributed by atoms with Gasteiger partial charge in [-0.25, -0.2) is 0 Å².